The summed E-state index contributed by atoms with van der Waals surface area (Å²) in [6.07, 6.45) is 6.37. The molecule has 126 valence electrons. The number of hydrogen-bond acceptors (Lipinski definition) is 2. The highest BCUT2D eigenvalue weighted by Gasteiger charge is 2.03. The lowest BCUT2D eigenvalue weighted by Gasteiger charge is -2.02. The van der Waals surface area contributed by atoms with Crippen LogP contribution in [0.2, 0.25) is 0 Å². The molecule has 0 aliphatic rings. The maximum Gasteiger partial charge on any atom is 0.185 e. The second kappa shape index (κ2) is 9.38. The summed E-state index contributed by atoms with van der Waals surface area (Å²) in [5.41, 5.74) is 0.880. The van der Waals surface area contributed by atoms with Crippen molar-refractivity contribution in [2.75, 3.05) is 5.75 Å². The number of ketones is 1. The summed E-state index contributed by atoms with van der Waals surface area (Å²) < 4.78 is 26.2. The van der Waals surface area contributed by atoms with Gasteiger partial charge in [-0.15, -0.1) is 11.8 Å². The van der Waals surface area contributed by atoms with Crippen LogP contribution in [0.25, 0.3) is 6.08 Å². The fourth-order valence-corrected chi connectivity index (χ4v) is 3.11. The molecule has 2 rings (SSSR count). The molecule has 2 aromatic carbocycles. The predicted octanol–water partition coefficient (Wildman–Crippen LogP) is 6.14. The van der Waals surface area contributed by atoms with Crippen molar-refractivity contribution in [2.45, 2.75) is 31.1 Å². The monoisotopic (exact) mass is 346 g/mol. The van der Waals surface area contributed by atoms with Crippen molar-refractivity contribution in [3.8, 4) is 0 Å². The lowest BCUT2D eigenvalue weighted by atomic mass is 10.1. The van der Waals surface area contributed by atoms with Gasteiger partial charge in [-0.2, -0.15) is 0 Å². The summed E-state index contributed by atoms with van der Waals surface area (Å²) in [6.45, 7) is 2.18. The van der Waals surface area contributed by atoms with Crippen LogP contribution < -0.4 is 0 Å². The molecule has 4 heteroatoms. The summed E-state index contributed by atoms with van der Waals surface area (Å²) >= 11 is 1.78. The standard InChI is InChI=1S/C20H20F2OS/c1-2-3-4-11-24-19-8-6-16(7-9-19)20(23)10-5-15-12-17(21)14-18(22)13-15/h5-10,12-14H,2-4,11H2,1H3. The van der Waals surface area contributed by atoms with E-state index in [9.17, 15) is 13.6 Å². The van der Waals surface area contributed by atoms with Crippen LogP contribution in [0.3, 0.4) is 0 Å². The molecule has 0 saturated carbocycles. The van der Waals surface area contributed by atoms with Crippen LogP contribution in [0, 0.1) is 11.6 Å². The third-order valence-electron chi connectivity index (χ3n) is 3.47. The topological polar surface area (TPSA) is 17.1 Å². The van der Waals surface area contributed by atoms with Crippen LogP contribution in [-0.2, 0) is 0 Å². The van der Waals surface area contributed by atoms with Crippen LogP contribution in [-0.4, -0.2) is 11.5 Å². The zero-order valence-electron chi connectivity index (χ0n) is 13.6. The molecule has 0 aromatic heterocycles. The van der Waals surface area contributed by atoms with Gasteiger partial charge >= 0.3 is 0 Å². The van der Waals surface area contributed by atoms with E-state index in [2.05, 4.69) is 6.92 Å². The Labute approximate surface area is 145 Å². The molecule has 0 aliphatic heterocycles. The molecule has 0 spiro atoms. The first kappa shape index (κ1) is 18.4. The fraction of sp³-hybridized carbons (Fsp3) is 0.250. The number of carbonyl (C=O) groups excluding carboxylic acids is 1. The highest BCUT2D eigenvalue weighted by atomic mass is 32.2. The molecule has 0 aliphatic carbocycles. The molecule has 0 bridgehead atoms. The highest BCUT2D eigenvalue weighted by Crippen LogP contribution is 2.20. The molecule has 0 saturated heterocycles. The van der Waals surface area contributed by atoms with Gasteiger partial charge in [0.1, 0.15) is 11.6 Å². The van der Waals surface area contributed by atoms with Crippen LogP contribution in [0.15, 0.2) is 53.4 Å². The average Bonchev–Trinajstić information content (AvgIpc) is 2.56. The number of rotatable bonds is 8. The molecule has 0 radical (unpaired) electrons. The number of unbranched alkanes of at least 4 members (excludes halogenated alkanes) is 2. The van der Waals surface area contributed by atoms with Crippen molar-refractivity contribution in [3.05, 3.63) is 71.3 Å². The van der Waals surface area contributed by atoms with Gasteiger partial charge in [-0.3, -0.25) is 4.79 Å². The van der Waals surface area contributed by atoms with Crippen molar-refractivity contribution in [1.82, 2.24) is 0 Å². The first-order valence-corrected chi connectivity index (χ1v) is 8.98. The molecule has 2 aromatic rings. The molecule has 24 heavy (non-hydrogen) atoms. The molecular weight excluding hydrogens is 326 g/mol. The second-order valence-electron chi connectivity index (χ2n) is 5.48. The van der Waals surface area contributed by atoms with E-state index in [1.165, 1.54) is 43.5 Å². The van der Waals surface area contributed by atoms with Crippen molar-refractivity contribution < 1.29 is 13.6 Å². The van der Waals surface area contributed by atoms with Gasteiger partial charge in [0.25, 0.3) is 0 Å². The Morgan fingerprint density at radius 3 is 2.33 bits per heavy atom. The number of thioether (sulfide) groups is 1. The Morgan fingerprint density at radius 2 is 1.71 bits per heavy atom. The van der Waals surface area contributed by atoms with Crippen molar-refractivity contribution in [3.63, 3.8) is 0 Å². The van der Waals surface area contributed by atoms with E-state index < -0.39 is 11.6 Å². The van der Waals surface area contributed by atoms with Crippen molar-refractivity contribution in [2.24, 2.45) is 0 Å². The first-order chi connectivity index (χ1) is 11.6. The Kier molecular flexibility index (Phi) is 7.19. The van der Waals surface area contributed by atoms with E-state index in [-0.39, 0.29) is 5.78 Å². The van der Waals surface area contributed by atoms with Crippen LogP contribution in [0.1, 0.15) is 42.1 Å². The third kappa shape index (κ3) is 5.93. The van der Waals surface area contributed by atoms with E-state index in [1.807, 2.05) is 12.1 Å². The van der Waals surface area contributed by atoms with Crippen molar-refractivity contribution >= 4 is 23.6 Å². The minimum Gasteiger partial charge on any atom is -0.289 e. The largest absolute Gasteiger partial charge is 0.289 e. The van der Waals surface area contributed by atoms with Gasteiger partial charge < -0.3 is 0 Å². The number of carbonyl (C=O) groups is 1. The normalized spacial score (nSPS) is 11.1. The molecule has 1 nitrogen and oxygen atoms in total. The molecule has 0 N–H and O–H groups in total. The van der Waals surface area contributed by atoms with Gasteiger partial charge in [0, 0.05) is 16.5 Å². The van der Waals surface area contributed by atoms with Crippen molar-refractivity contribution in [1.29, 1.82) is 0 Å². The number of benzene rings is 2. The van der Waals surface area contributed by atoms with E-state index in [0.29, 0.717) is 11.1 Å². The smallest absolute Gasteiger partial charge is 0.185 e. The molecule has 0 atom stereocenters. The minimum atomic E-state index is -0.661. The van der Waals surface area contributed by atoms with Gasteiger partial charge in [-0.1, -0.05) is 25.8 Å². The first-order valence-electron chi connectivity index (χ1n) is 8.00. The van der Waals surface area contributed by atoms with Gasteiger partial charge in [-0.25, -0.2) is 8.78 Å². The Balaban J connectivity index is 1.95. The highest BCUT2D eigenvalue weighted by molar-refractivity contribution is 7.99. The van der Waals surface area contributed by atoms with E-state index >= 15 is 0 Å². The molecule has 0 heterocycles. The summed E-state index contributed by atoms with van der Waals surface area (Å²) in [4.78, 5) is 13.3. The lowest BCUT2D eigenvalue weighted by Crippen LogP contribution is -1.94. The number of hydrogen-bond donors (Lipinski definition) is 0. The van der Waals surface area contributed by atoms with Gasteiger partial charge in [0.05, 0.1) is 0 Å². The zero-order valence-corrected chi connectivity index (χ0v) is 14.4. The van der Waals surface area contributed by atoms with Gasteiger partial charge in [0.15, 0.2) is 5.78 Å². The minimum absolute atomic E-state index is 0.192. The average molecular weight is 346 g/mol. The molecule has 0 amide bonds. The number of allylic oxidation sites excluding steroid dienone is 1. The quantitative estimate of drug-likeness (QED) is 0.247. The Morgan fingerprint density at radius 1 is 1.04 bits per heavy atom. The lowest BCUT2D eigenvalue weighted by molar-refractivity contribution is 0.104. The molecule has 0 fully saturated rings. The maximum atomic E-state index is 13.1. The predicted molar refractivity (Wildman–Crippen MR) is 96.4 cm³/mol. The Hall–Kier alpha value is -1.94. The maximum absolute atomic E-state index is 13.1. The van der Waals surface area contributed by atoms with Gasteiger partial charge in [-0.05, 0) is 60.2 Å². The SMILES string of the molecule is CCCCCSc1ccc(C(=O)C=Cc2cc(F)cc(F)c2)cc1. The van der Waals surface area contributed by atoms with Crippen LogP contribution in [0.4, 0.5) is 8.78 Å². The Bertz CT molecular complexity index is 688. The third-order valence-corrected chi connectivity index (χ3v) is 4.57. The number of halogens is 2. The summed E-state index contributed by atoms with van der Waals surface area (Å²) in [5.74, 6) is -0.438. The second-order valence-corrected chi connectivity index (χ2v) is 6.65. The van der Waals surface area contributed by atoms with Crippen LogP contribution >= 0.6 is 11.8 Å². The van der Waals surface area contributed by atoms with E-state index in [4.69, 9.17) is 0 Å². The van der Waals surface area contributed by atoms with E-state index in [0.717, 1.165) is 16.7 Å². The summed E-state index contributed by atoms with van der Waals surface area (Å²) in [5, 5.41) is 0. The molecular formula is C20H20F2OS. The van der Waals surface area contributed by atoms with Gasteiger partial charge in [0.2, 0.25) is 0 Å². The zero-order chi connectivity index (χ0) is 17.4. The fourth-order valence-electron chi connectivity index (χ4n) is 2.20. The van der Waals surface area contributed by atoms with Crippen LogP contribution in [0.5, 0.6) is 0 Å². The summed E-state index contributed by atoms with van der Waals surface area (Å²) in [6, 6.07) is 10.6. The molecule has 0 unspecified atom stereocenters. The van der Waals surface area contributed by atoms with E-state index in [1.54, 1.807) is 23.9 Å². The summed E-state index contributed by atoms with van der Waals surface area (Å²) in [7, 11) is 0.